The quantitative estimate of drug-likeness (QED) is 0.779. The Balaban J connectivity index is 3.05. The fraction of sp³-hybridized carbons (Fsp3) is 0.615. The molecule has 0 unspecified atom stereocenters. The molecule has 0 fully saturated rings. The molecule has 0 atom stereocenters. The number of carbonyl (C=O) groups is 1. The van der Waals surface area contributed by atoms with Crippen molar-refractivity contribution in [1.29, 1.82) is 0 Å². The van der Waals surface area contributed by atoms with E-state index >= 15 is 0 Å². The average Bonchev–Trinajstić information content (AvgIpc) is 2.61. The molecule has 1 aromatic heterocycles. The van der Waals surface area contributed by atoms with Crippen LogP contribution in [0.25, 0.3) is 0 Å². The van der Waals surface area contributed by atoms with Gasteiger partial charge in [-0.1, -0.05) is 27.7 Å². The molecule has 0 bridgehead atoms. The van der Waals surface area contributed by atoms with Crippen LogP contribution < -0.4 is 15.8 Å². The number of anilines is 2. The number of methoxy groups -OCH3 is 1. The zero-order valence-electron chi connectivity index (χ0n) is 11.7. The van der Waals surface area contributed by atoms with E-state index in [1.54, 1.807) is 7.11 Å². The van der Waals surface area contributed by atoms with E-state index in [0.29, 0.717) is 22.2 Å². The second-order valence-corrected chi connectivity index (χ2v) is 6.02. The molecule has 102 valence electrons. The highest BCUT2D eigenvalue weighted by molar-refractivity contribution is 7.19. The maximum absolute atomic E-state index is 12.0. The Morgan fingerprint density at radius 2 is 2.00 bits per heavy atom. The van der Waals surface area contributed by atoms with Crippen molar-refractivity contribution in [2.75, 3.05) is 24.7 Å². The van der Waals surface area contributed by atoms with Crippen LogP contribution in [0.5, 0.6) is 5.75 Å². The molecular weight excluding hydrogens is 248 g/mol. The third-order valence-corrected chi connectivity index (χ3v) is 3.68. The first-order chi connectivity index (χ1) is 8.38. The fourth-order valence-corrected chi connectivity index (χ4v) is 2.67. The van der Waals surface area contributed by atoms with E-state index in [4.69, 9.17) is 10.5 Å². The predicted octanol–water partition coefficient (Wildman–Crippen LogP) is 3.25. The van der Waals surface area contributed by atoms with Gasteiger partial charge in [0.25, 0.3) is 0 Å². The highest BCUT2D eigenvalue weighted by Crippen LogP contribution is 2.43. The first kappa shape index (κ1) is 14.8. The zero-order valence-corrected chi connectivity index (χ0v) is 12.5. The van der Waals surface area contributed by atoms with Crippen LogP contribution >= 0.6 is 11.3 Å². The van der Waals surface area contributed by atoms with Crippen molar-refractivity contribution in [2.45, 2.75) is 27.7 Å². The number of nitrogen functional groups attached to an aromatic ring is 1. The molecule has 0 aliphatic rings. The lowest BCUT2D eigenvalue weighted by molar-refractivity contribution is 0.0944. The molecule has 18 heavy (non-hydrogen) atoms. The molecule has 0 aliphatic carbocycles. The van der Waals surface area contributed by atoms with Crippen molar-refractivity contribution < 1.29 is 9.53 Å². The minimum Gasteiger partial charge on any atom is -0.492 e. The van der Waals surface area contributed by atoms with E-state index < -0.39 is 0 Å². The Kier molecular flexibility index (Phi) is 5.02. The van der Waals surface area contributed by atoms with Gasteiger partial charge in [0.2, 0.25) is 0 Å². The number of nitrogens with two attached hydrogens (primary N) is 1. The van der Waals surface area contributed by atoms with E-state index in [1.807, 2.05) is 13.8 Å². The number of carbonyl (C=O) groups excluding carboxylic acids is 1. The molecule has 0 aromatic carbocycles. The summed E-state index contributed by atoms with van der Waals surface area (Å²) in [7, 11) is 1.57. The standard InChI is InChI=1S/C13H22N2O2S/c1-7(2)6-15-13-11(17-5)9(14)12(18-13)10(16)8(3)4/h7-8,15H,6,14H2,1-5H3. The van der Waals surface area contributed by atoms with E-state index in [1.165, 1.54) is 11.3 Å². The molecule has 5 heteroatoms. The Labute approximate surface area is 113 Å². The molecule has 0 saturated heterocycles. The zero-order chi connectivity index (χ0) is 13.9. The Bertz CT molecular complexity index is 425. The molecule has 0 spiro atoms. The summed E-state index contributed by atoms with van der Waals surface area (Å²) in [5, 5.41) is 4.12. The predicted molar refractivity (Wildman–Crippen MR) is 77.8 cm³/mol. The van der Waals surface area contributed by atoms with Gasteiger partial charge in [-0.05, 0) is 5.92 Å². The van der Waals surface area contributed by atoms with Crippen LogP contribution in [0.2, 0.25) is 0 Å². The van der Waals surface area contributed by atoms with Gasteiger partial charge in [0, 0.05) is 12.5 Å². The fourth-order valence-electron chi connectivity index (χ4n) is 1.49. The summed E-state index contributed by atoms with van der Waals surface area (Å²) in [5.41, 5.74) is 6.44. The molecule has 0 radical (unpaired) electrons. The van der Waals surface area contributed by atoms with Gasteiger partial charge in [0.1, 0.15) is 5.00 Å². The summed E-state index contributed by atoms with van der Waals surface area (Å²) in [6.07, 6.45) is 0. The SMILES string of the molecule is COc1c(NCC(C)C)sc(C(=O)C(C)C)c1N. The van der Waals surface area contributed by atoms with Crippen LogP contribution in [0.3, 0.4) is 0 Å². The van der Waals surface area contributed by atoms with Crippen LogP contribution in [-0.2, 0) is 0 Å². The smallest absolute Gasteiger partial charge is 0.177 e. The number of rotatable bonds is 6. The first-order valence-electron chi connectivity index (χ1n) is 6.12. The largest absolute Gasteiger partial charge is 0.492 e. The van der Waals surface area contributed by atoms with Gasteiger partial charge in [-0.25, -0.2) is 0 Å². The number of hydrogen-bond acceptors (Lipinski definition) is 5. The van der Waals surface area contributed by atoms with Crippen LogP contribution in [0, 0.1) is 11.8 Å². The summed E-state index contributed by atoms with van der Waals surface area (Å²) in [5.74, 6) is 1.11. The van der Waals surface area contributed by atoms with E-state index in [-0.39, 0.29) is 11.7 Å². The van der Waals surface area contributed by atoms with Gasteiger partial charge in [-0.2, -0.15) is 0 Å². The Hall–Kier alpha value is -1.23. The minimum absolute atomic E-state index is 0.0615. The first-order valence-corrected chi connectivity index (χ1v) is 6.94. The number of nitrogens with one attached hydrogen (secondary N) is 1. The van der Waals surface area contributed by atoms with Gasteiger partial charge in [-0.15, -0.1) is 11.3 Å². The Morgan fingerprint density at radius 3 is 2.44 bits per heavy atom. The third kappa shape index (κ3) is 3.16. The normalized spacial score (nSPS) is 11.1. The van der Waals surface area contributed by atoms with E-state index in [9.17, 15) is 4.79 Å². The van der Waals surface area contributed by atoms with Crippen LogP contribution in [0.1, 0.15) is 37.4 Å². The number of hydrogen-bond donors (Lipinski definition) is 2. The topological polar surface area (TPSA) is 64.3 Å². The molecule has 4 nitrogen and oxygen atoms in total. The molecule has 0 aliphatic heterocycles. The lowest BCUT2D eigenvalue weighted by Crippen LogP contribution is -2.07. The number of thiophene rings is 1. The minimum atomic E-state index is -0.0615. The number of ketones is 1. The molecular formula is C13H22N2O2S. The van der Waals surface area contributed by atoms with Crippen molar-refractivity contribution in [3.05, 3.63) is 4.88 Å². The summed E-state index contributed by atoms with van der Waals surface area (Å²) in [4.78, 5) is 12.6. The maximum atomic E-state index is 12.0. The summed E-state index contributed by atoms with van der Waals surface area (Å²) in [6.45, 7) is 8.81. The van der Waals surface area contributed by atoms with Gasteiger partial charge in [-0.3, -0.25) is 4.79 Å². The third-order valence-electron chi connectivity index (χ3n) is 2.52. The van der Waals surface area contributed by atoms with Crippen molar-refractivity contribution in [3.8, 4) is 5.75 Å². The van der Waals surface area contributed by atoms with Crippen LogP contribution in [-0.4, -0.2) is 19.4 Å². The molecule has 1 rings (SSSR count). The Morgan fingerprint density at radius 1 is 1.39 bits per heavy atom. The lowest BCUT2D eigenvalue weighted by atomic mass is 10.1. The second-order valence-electron chi connectivity index (χ2n) is 5.00. The van der Waals surface area contributed by atoms with Crippen LogP contribution in [0.15, 0.2) is 0 Å². The highest BCUT2D eigenvalue weighted by Gasteiger charge is 2.23. The molecule has 1 aromatic rings. The van der Waals surface area contributed by atoms with Crippen molar-refractivity contribution in [3.63, 3.8) is 0 Å². The molecule has 0 amide bonds. The molecule has 1 heterocycles. The molecule has 0 saturated carbocycles. The number of Topliss-reactive ketones (excluding diaryl/α,β-unsaturated/α-hetero) is 1. The summed E-state index contributed by atoms with van der Waals surface area (Å²) < 4.78 is 5.29. The van der Waals surface area contributed by atoms with Gasteiger partial charge < -0.3 is 15.8 Å². The van der Waals surface area contributed by atoms with E-state index in [2.05, 4.69) is 19.2 Å². The van der Waals surface area contributed by atoms with Crippen molar-refractivity contribution in [2.24, 2.45) is 11.8 Å². The lowest BCUT2D eigenvalue weighted by Gasteiger charge is -2.08. The van der Waals surface area contributed by atoms with Crippen molar-refractivity contribution >= 4 is 27.8 Å². The van der Waals surface area contributed by atoms with Gasteiger partial charge in [0.15, 0.2) is 11.5 Å². The maximum Gasteiger partial charge on any atom is 0.177 e. The van der Waals surface area contributed by atoms with Gasteiger partial charge in [0.05, 0.1) is 17.7 Å². The highest BCUT2D eigenvalue weighted by atomic mass is 32.1. The monoisotopic (exact) mass is 270 g/mol. The van der Waals surface area contributed by atoms with E-state index in [0.717, 1.165) is 11.5 Å². The van der Waals surface area contributed by atoms with Crippen molar-refractivity contribution in [1.82, 2.24) is 0 Å². The van der Waals surface area contributed by atoms with Gasteiger partial charge >= 0.3 is 0 Å². The second kappa shape index (κ2) is 6.09. The number of ether oxygens (including phenoxy) is 1. The molecule has 3 N–H and O–H groups in total. The van der Waals surface area contributed by atoms with Crippen LogP contribution in [0.4, 0.5) is 10.7 Å². The summed E-state index contributed by atoms with van der Waals surface area (Å²) in [6, 6.07) is 0. The average molecular weight is 270 g/mol. The summed E-state index contributed by atoms with van der Waals surface area (Å²) >= 11 is 1.38.